The maximum absolute atomic E-state index is 4.91. The highest BCUT2D eigenvalue weighted by molar-refractivity contribution is 7.98. The summed E-state index contributed by atoms with van der Waals surface area (Å²) in [5.74, 6) is 1.93. The Morgan fingerprint density at radius 2 is 2.08 bits per heavy atom. The Kier molecular flexibility index (Phi) is 9.35. The van der Waals surface area contributed by atoms with Crippen LogP contribution in [0.2, 0.25) is 0 Å². The molecule has 0 spiro atoms. The molecule has 5 heteroatoms. The second-order valence-corrected chi connectivity index (χ2v) is 3.40. The topological polar surface area (TPSA) is 45.7 Å². The van der Waals surface area contributed by atoms with Crippen LogP contribution in [0.1, 0.15) is 0 Å². The molecule has 2 N–H and O–H groups in total. The van der Waals surface area contributed by atoms with Gasteiger partial charge in [-0.25, -0.2) is 0 Å². The zero-order valence-corrected chi connectivity index (χ0v) is 9.41. The van der Waals surface area contributed by atoms with Crippen molar-refractivity contribution >= 4 is 17.7 Å². The predicted molar refractivity (Wildman–Crippen MR) is 59.6 cm³/mol. The summed E-state index contributed by atoms with van der Waals surface area (Å²) in [5, 5.41) is 6.33. The van der Waals surface area contributed by atoms with Crippen molar-refractivity contribution < 1.29 is 4.74 Å². The molecule has 0 aromatic carbocycles. The smallest absolute Gasteiger partial charge is 0.191 e. The highest BCUT2D eigenvalue weighted by Gasteiger charge is 1.94. The van der Waals surface area contributed by atoms with E-state index in [2.05, 4.69) is 21.9 Å². The molecular weight excluding hydrogens is 186 g/mol. The minimum Gasteiger partial charge on any atom is -0.383 e. The normalized spacial score (nSPS) is 11.5. The summed E-state index contributed by atoms with van der Waals surface area (Å²) in [6.07, 6.45) is 2.09. The van der Waals surface area contributed by atoms with Gasteiger partial charge in [0.1, 0.15) is 0 Å². The minimum atomic E-state index is 0.698. The Morgan fingerprint density at radius 1 is 1.38 bits per heavy atom. The average molecular weight is 205 g/mol. The molecule has 0 saturated heterocycles. The van der Waals surface area contributed by atoms with Crippen molar-refractivity contribution in [1.82, 2.24) is 10.6 Å². The molecule has 0 saturated carbocycles. The first kappa shape index (κ1) is 12.6. The molecule has 0 unspecified atom stereocenters. The summed E-state index contributed by atoms with van der Waals surface area (Å²) >= 11 is 1.81. The number of aliphatic imine (C=N–C) groups is 1. The molecule has 0 rings (SSSR count). The van der Waals surface area contributed by atoms with E-state index in [4.69, 9.17) is 4.74 Å². The van der Waals surface area contributed by atoms with Crippen LogP contribution < -0.4 is 10.6 Å². The van der Waals surface area contributed by atoms with Gasteiger partial charge >= 0.3 is 0 Å². The Balaban J connectivity index is 3.41. The summed E-state index contributed by atoms with van der Waals surface area (Å²) in [5.41, 5.74) is 0. The molecule has 0 radical (unpaired) electrons. The lowest BCUT2D eigenvalue weighted by Crippen LogP contribution is -2.39. The van der Waals surface area contributed by atoms with Gasteiger partial charge in [-0.15, -0.1) is 0 Å². The van der Waals surface area contributed by atoms with Crippen LogP contribution in [-0.4, -0.2) is 51.8 Å². The zero-order chi connectivity index (χ0) is 9.94. The first-order valence-corrected chi connectivity index (χ1v) is 5.67. The number of hydrogen-bond donors (Lipinski definition) is 2. The fraction of sp³-hybridized carbons (Fsp3) is 0.875. The molecule has 0 atom stereocenters. The first-order chi connectivity index (χ1) is 6.35. The van der Waals surface area contributed by atoms with Gasteiger partial charge in [-0.1, -0.05) is 0 Å². The average Bonchev–Trinajstić information content (AvgIpc) is 2.16. The van der Waals surface area contributed by atoms with Crippen LogP contribution in [0.5, 0.6) is 0 Å². The number of ether oxygens (including phenoxy) is 1. The SMILES string of the molecule is CN=C(NCCOC)NCCSC. The van der Waals surface area contributed by atoms with Gasteiger partial charge in [0.25, 0.3) is 0 Å². The molecule has 0 aliphatic rings. The number of rotatable bonds is 6. The van der Waals surface area contributed by atoms with E-state index in [1.807, 2.05) is 11.8 Å². The van der Waals surface area contributed by atoms with Crippen molar-refractivity contribution in [1.29, 1.82) is 0 Å². The number of methoxy groups -OCH3 is 1. The van der Waals surface area contributed by atoms with Crippen molar-refractivity contribution in [3.05, 3.63) is 0 Å². The number of nitrogens with one attached hydrogen (secondary N) is 2. The summed E-state index contributed by atoms with van der Waals surface area (Å²) in [6.45, 7) is 2.42. The summed E-state index contributed by atoms with van der Waals surface area (Å²) in [6, 6.07) is 0. The largest absolute Gasteiger partial charge is 0.383 e. The van der Waals surface area contributed by atoms with E-state index < -0.39 is 0 Å². The molecule has 0 bridgehead atoms. The second-order valence-electron chi connectivity index (χ2n) is 2.41. The maximum Gasteiger partial charge on any atom is 0.191 e. The molecule has 0 aliphatic carbocycles. The Morgan fingerprint density at radius 3 is 2.62 bits per heavy atom. The van der Waals surface area contributed by atoms with Crippen molar-refractivity contribution in [2.75, 3.05) is 45.9 Å². The van der Waals surface area contributed by atoms with Crippen molar-refractivity contribution in [2.45, 2.75) is 0 Å². The van der Waals surface area contributed by atoms with Gasteiger partial charge in [-0.05, 0) is 6.26 Å². The van der Waals surface area contributed by atoms with E-state index in [1.54, 1.807) is 14.2 Å². The van der Waals surface area contributed by atoms with Crippen LogP contribution in [0.25, 0.3) is 0 Å². The highest BCUT2D eigenvalue weighted by Crippen LogP contribution is 1.86. The molecule has 0 aromatic heterocycles. The van der Waals surface area contributed by atoms with Crippen LogP contribution >= 0.6 is 11.8 Å². The third kappa shape index (κ3) is 7.93. The van der Waals surface area contributed by atoms with Gasteiger partial charge in [0.05, 0.1) is 6.61 Å². The zero-order valence-electron chi connectivity index (χ0n) is 8.59. The van der Waals surface area contributed by atoms with Crippen LogP contribution in [0.15, 0.2) is 4.99 Å². The number of thioether (sulfide) groups is 1. The molecule has 0 heterocycles. The second kappa shape index (κ2) is 9.67. The van der Waals surface area contributed by atoms with Gasteiger partial charge < -0.3 is 15.4 Å². The molecular formula is C8H19N3OS. The number of nitrogens with zero attached hydrogens (tertiary/aromatic N) is 1. The Hall–Kier alpha value is -0.420. The van der Waals surface area contributed by atoms with Crippen molar-refractivity contribution in [3.8, 4) is 0 Å². The Labute approximate surface area is 84.5 Å². The highest BCUT2D eigenvalue weighted by atomic mass is 32.2. The summed E-state index contributed by atoms with van der Waals surface area (Å²) in [7, 11) is 3.45. The van der Waals surface area contributed by atoms with Crippen molar-refractivity contribution in [2.24, 2.45) is 4.99 Å². The predicted octanol–water partition coefficient (Wildman–Crippen LogP) is 0.161. The summed E-state index contributed by atoms with van der Waals surface area (Å²) in [4.78, 5) is 4.06. The summed E-state index contributed by atoms with van der Waals surface area (Å²) < 4.78 is 4.91. The number of guanidine groups is 1. The van der Waals surface area contributed by atoms with Crippen LogP contribution in [0.4, 0.5) is 0 Å². The van der Waals surface area contributed by atoms with E-state index in [-0.39, 0.29) is 0 Å². The van der Waals surface area contributed by atoms with Gasteiger partial charge in [0, 0.05) is 33.0 Å². The fourth-order valence-electron chi connectivity index (χ4n) is 0.764. The molecule has 0 amide bonds. The monoisotopic (exact) mass is 205 g/mol. The van der Waals surface area contributed by atoms with Crippen LogP contribution in [0.3, 0.4) is 0 Å². The van der Waals surface area contributed by atoms with Crippen molar-refractivity contribution in [3.63, 3.8) is 0 Å². The molecule has 0 aromatic rings. The van der Waals surface area contributed by atoms with Crippen LogP contribution in [-0.2, 0) is 4.74 Å². The third-order valence-electron chi connectivity index (χ3n) is 1.42. The first-order valence-electron chi connectivity index (χ1n) is 4.27. The lowest BCUT2D eigenvalue weighted by atomic mass is 10.6. The van der Waals surface area contributed by atoms with Gasteiger partial charge in [0.2, 0.25) is 0 Å². The Bertz CT molecular complexity index is 129. The number of hydrogen-bond acceptors (Lipinski definition) is 3. The van der Waals surface area contributed by atoms with Gasteiger partial charge in [0.15, 0.2) is 5.96 Å². The van der Waals surface area contributed by atoms with Gasteiger partial charge in [-0.2, -0.15) is 11.8 Å². The molecule has 4 nitrogen and oxygen atoms in total. The maximum atomic E-state index is 4.91. The molecule has 0 aliphatic heterocycles. The molecule has 78 valence electrons. The lowest BCUT2D eigenvalue weighted by Gasteiger charge is -2.10. The lowest BCUT2D eigenvalue weighted by molar-refractivity contribution is 0.203. The van der Waals surface area contributed by atoms with E-state index in [9.17, 15) is 0 Å². The van der Waals surface area contributed by atoms with Crippen LogP contribution in [0, 0.1) is 0 Å². The van der Waals surface area contributed by atoms with E-state index in [1.165, 1.54) is 0 Å². The van der Waals surface area contributed by atoms with E-state index >= 15 is 0 Å². The van der Waals surface area contributed by atoms with Gasteiger partial charge in [-0.3, -0.25) is 4.99 Å². The quantitative estimate of drug-likeness (QED) is 0.368. The van der Waals surface area contributed by atoms with E-state index in [0.717, 1.165) is 24.8 Å². The molecule has 0 fully saturated rings. The molecule has 13 heavy (non-hydrogen) atoms. The fourth-order valence-corrected chi connectivity index (χ4v) is 1.07. The standard InChI is InChI=1S/C8H19N3OS/c1-9-8(10-4-6-12-2)11-5-7-13-3/h4-7H2,1-3H3,(H2,9,10,11). The minimum absolute atomic E-state index is 0.698. The van der Waals surface area contributed by atoms with E-state index in [0.29, 0.717) is 6.61 Å². The third-order valence-corrected chi connectivity index (χ3v) is 2.03.